The summed E-state index contributed by atoms with van der Waals surface area (Å²) in [5, 5.41) is 0. The van der Waals surface area contributed by atoms with E-state index in [1.807, 2.05) is 0 Å². The molecule has 1 aliphatic rings. The molecule has 0 saturated heterocycles. The summed E-state index contributed by atoms with van der Waals surface area (Å²) in [7, 11) is 0. The van der Waals surface area contributed by atoms with Crippen LogP contribution in [0.1, 0.15) is 19.8 Å². The fourth-order valence-corrected chi connectivity index (χ4v) is 0.658. The van der Waals surface area contributed by atoms with E-state index < -0.39 is 16.8 Å². The van der Waals surface area contributed by atoms with Crippen LogP contribution in [0.2, 0.25) is 0 Å². The quantitative estimate of drug-likeness (QED) is 0.335. The molecule has 1 fully saturated rings. The van der Waals surface area contributed by atoms with Crippen molar-refractivity contribution in [1.82, 2.24) is 0 Å². The van der Waals surface area contributed by atoms with Gasteiger partial charge in [-0.2, -0.15) is 0 Å². The van der Waals surface area contributed by atoms with Crippen molar-refractivity contribution in [2.24, 2.45) is 5.41 Å². The minimum Gasteiger partial charge on any atom is -0.380 e. The van der Waals surface area contributed by atoms with Gasteiger partial charge in [0.2, 0.25) is 0 Å². The average molecular weight is 163 g/mol. The molecule has 0 aromatic carbocycles. The molecule has 0 N–H and O–H groups in total. The first-order valence-electron chi connectivity index (χ1n) is 2.96. The lowest BCUT2D eigenvalue weighted by Crippen LogP contribution is -2.16. The average Bonchev–Trinajstić information content (AvgIpc) is 2.47. The van der Waals surface area contributed by atoms with Crippen LogP contribution >= 0.6 is 11.6 Å². The van der Waals surface area contributed by atoms with E-state index in [-0.39, 0.29) is 0 Å². The summed E-state index contributed by atoms with van der Waals surface area (Å²) in [4.78, 5) is 20.9. The summed E-state index contributed by atoms with van der Waals surface area (Å²) < 4.78 is 4.16. The number of halogens is 1. The van der Waals surface area contributed by atoms with Crippen LogP contribution in [0.4, 0.5) is 4.79 Å². The van der Waals surface area contributed by atoms with Gasteiger partial charge in [-0.3, -0.25) is 4.79 Å². The molecule has 1 aliphatic carbocycles. The summed E-state index contributed by atoms with van der Waals surface area (Å²) >= 11 is 4.82. The van der Waals surface area contributed by atoms with Crippen molar-refractivity contribution in [2.75, 3.05) is 0 Å². The van der Waals surface area contributed by atoms with E-state index in [1.54, 1.807) is 6.92 Å². The number of hydrogen-bond donors (Lipinski definition) is 0. The molecule has 0 amide bonds. The van der Waals surface area contributed by atoms with Gasteiger partial charge in [0.05, 0.1) is 5.41 Å². The molecule has 0 aliphatic heterocycles. The van der Waals surface area contributed by atoms with Crippen LogP contribution in [0.5, 0.6) is 0 Å². The molecule has 10 heavy (non-hydrogen) atoms. The van der Waals surface area contributed by atoms with Gasteiger partial charge in [-0.1, -0.05) is 0 Å². The van der Waals surface area contributed by atoms with E-state index in [4.69, 9.17) is 11.6 Å². The van der Waals surface area contributed by atoms with Gasteiger partial charge in [-0.15, -0.1) is 0 Å². The molecule has 0 aromatic heterocycles. The van der Waals surface area contributed by atoms with E-state index in [9.17, 15) is 9.59 Å². The second kappa shape index (κ2) is 2.23. The second-order valence-electron chi connectivity index (χ2n) is 2.69. The van der Waals surface area contributed by atoms with Crippen molar-refractivity contribution in [3.63, 3.8) is 0 Å². The number of carbonyl (C=O) groups is 2. The Morgan fingerprint density at radius 3 is 2.30 bits per heavy atom. The van der Waals surface area contributed by atoms with Gasteiger partial charge in [0.1, 0.15) is 0 Å². The van der Waals surface area contributed by atoms with Crippen LogP contribution in [-0.4, -0.2) is 11.4 Å². The molecule has 0 spiro atoms. The number of esters is 1. The molecule has 56 valence electrons. The summed E-state index contributed by atoms with van der Waals surface area (Å²) in [5.74, 6) is -0.507. The molecular weight excluding hydrogens is 156 g/mol. The standard InChI is InChI=1S/C6H7ClO3/c1-6(2-3-6)4(8)10-5(7)9/h2-3H2,1H3. The highest BCUT2D eigenvalue weighted by Crippen LogP contribution is 2.46. The second-order valence-corrected chi connectivity index (χ2v) is 3.00. The van der Waals surface area contributed by atoms with Gasteiger partial charge >= 0.3 is 11.4 Å². The first-order chi connectivity index (χ1) is 4.54. The molecule has 3 nitrogen and oxygen atoms in total. The van der Waals surface area contributed by atoms with Crippen LogP contribution in [0.15, 0.2) is 0 Å². The van der Waals surface area contributed by atoms with Crippen molar-refractivity contribution in [1.29, 1.82) is 0 Å². The van der Waals surface area contributed by atoms with Gasteiger partial charge in [0, 0.05) is 11.6 Å². The Balaban J connectivity index is 2.43. The topological polar surface area (TPSA) is 43.4 Å². The Hall–Kier alpha value is -0.570. The molecule has 1 saturated carbocycles. The molecule has 4 heteroatoms. The molecule has 0 bridgehead atoms. The van der Waals surface area contributed by atoms with Crippen LogP contribution < -0.4 is 0 Å². The largest absolute Gasteiger partial charge is 0.411 e. The van der Waals surface area contributed by atoms with Gasteiger partial charge in [-0.05, 0) is 19.8 Å². The van der Waals surface area contributed by atoms with Crippen LogP contribution in [0.25, 0.3) is 0 Å². The van der Waals surface area contributed by atoms with Crippen molar-refractivity contribution in [3.8, 4) is 0 Å². The van der Waals surface area contributed by atoms with Crippen molar-refractivity contribution < 1.29 is 14.3 Å². The first kappa shape index (κ1) is 7.54. The van der Waals surface area contributed by atoms with Gasteiger partial charge in [0.25, 0.3) is 0 Å². The van der Waals surface area contributed by atoms with E-state index in [2.05, 4.69) is 4.74 Å². The summed E-state index contributed by atoms with van der Waals surface area (Å²) in [6.45, 7) is 1.75. The minimum absolute atomic E-state index is 0.426. The maximum absolute atomic E-state index is 10.8. The molecule has 0 aromatic rings. The van der Waals surface area contributed by atoms with Crippen LogP contribution in [0.3, 0.4) is 0 Å². The Morgan fingerprint density at radius 2 is 2.00 bits per heavy atom. The molecule has 0 atom stereocenters. The van der Waals surface area contributed by atoms with Crippen molar-refractivity contribution in [2.45, 2.75) is 19.8 Å². The third kappa shape index (κ3) is 1.48. The summed E-state index contributed by atoms with van der Waals surface area (Å²) in [6.07, 6.45) is 1.58. The molecule has 1 rings (SSSR count). The lowest BCUT2D eigenvalue weighted by molar-refractivity contribution is -0.141. The third-order valence-electron chi connectivity index (χ3n) is 1.67. The SMILES string of the molecule is CC1(C(=O)OC(=O)Cl)CC1. The number of ether oxygens (including phenoxy) is 1. The van der Waals surface area contributed by atoms with E-state index >= 15 is 0 Å². The summed E-state index contributed by atoms with van der Waals surface area (Å²) in [5.41, 5.74) is -1.47. The lowest BCUT2D eigenvalue weighted by atomic mass is 10.1. The number of rotatable bonds is 1. The highest BCUT2D eigenvalue weighted by molar-refractivity contribution is 6.61. The predicted molar refractivity (Wildman–Crippen MR) is 34.7 cm³/mol. The summed E-state index contributed by atoms with van der Waals surface area (Å²) in [6, 6.07) is 0. The van der Waals surface area contributed by atoms with E-state index in [0.29, 0.717) is 0 Å². The van der Waals surface area contributed by atoms with Crippen LogP contribution in [0, 0.1) is 5.41 Å². The number of carbonyl (C=O) groups excluding carboxylic acids is 2. The normalized spacial score (nSPS) is 19.8. The molecule has 0 unspecified atom stereocenters. The van der Waals surface area contributed by atoms with Crippen molar-refractivity contribution in [3.05, 3.63) is 0 Å². The van der Waals surface area contributed by atoms with Gasteiger partial charge in [-0.25, -0.2) is 4.79 Å². The lowest BCUT2D eigenvalue weighted by Gasteiger charge is -2.02. The third-order valence-corrected chi connectivity index (χ3v) is 1.74. The Morgan fingerprint density at radius 1 is 1.50 bits per heavy atom. The number of hydrogen-bond acceptors (Lipinski definition) is 3. The zero-order valence-electron chi connectivity index (χ0n) is 5.52. The van der Waals surface area contributed by atoms with Crippen molar-refractivity contribution >= 4 is 23.0 Å². The van der Waals surface area contributed by atoms with E-state index in [0.717, 1.165) is 12.8 Å². The maximum Gasteiger partial charge on any atom is 0.411 e. The molecule has 0 heterocycles. The highest BCUT2D eigenvalue weighted by atomic mass is 35.5. The Labute approximate surface area is 63.3 Å². The smallest absolute Gasteiger partial charge is 0.380 e. The zero-order valence-corrected chi connectivity index (χ0v) is 6.27. The Bertz CT molecular complexity index is 183. The minimum atomic E-state index is -1.04. The maximum atomic E-state index is 10.8. The Kier molecular flexibility index (Phi) is 1.68. The predicted octanol–water partition coefficient (Wildman–Crippen LogP) is 1.69. The van der Waals surface area contributed by atoms with E-state index in [1.165, 1.54) is 0 Å². The monoisotopic (exact) mass is 162 g/mol. The van der Waals surface area contributed by atoms with Crippen LogP contribution in [-0.2, 0) is 9.53 Å². The van der Waals surface area contributed by atoms with Gasteiger partial charge < -0.3 is 4.74 Å². The fraction of sp³-hybridized carbons (Fsp3) is 0.667. The zero-order chi connectivity index (χ0) is 7.78. The fourth-order valence-electron chi connectivity index (χ4n) is 0.588. The molecule has 0 radical (unpaired) electrons. The van der Waals surface area contributed by atoms with Gasteiger partial charge in [0.15, 0.2) is 0 Å². The highest BCUT2D eigenvalue weighted by Gasteiger charge is 2.47. The first-order valence-corrected chi connectivity index (χ1v) is 3.34. The molecular formula is C6H7ClO3.